The Bertz CT molecular complexity index is 2050. The van der Waals surface area contributed by atoms with Crippen LogP contribution >= 0.6 is 0 Å². The van der Waals surface area contributed by atoms with E-state index in [0.29, 0.717) is 0 Å². The number of aryl methyl sites for hydroxylation is 8. The predicted octanol–water partition coefficient (Wildman–Crippen LogP) is 8.28. The monoisotopic (exact) mass is 938 g/mol. The van der Waals surface area contributed by atoms with E-state index >= 15 is 0 Å². The number of rotatable bonds is 0. The molecule has 0 aromatic heterocycles. The van der Waals surface area contributed by atoms with Crippen molar-refractivity contribution >= 4 is 54.0 Å². The van der Waals surface area contributed by atoms with Gasteiger partial charge in [0, 0.05) is 0 Å². The van der Waals surface area contributed by atoms with Gasteiger partial charge in [-0.25, -0.2) is 0 Å². The second-order valence-corrected chi connectivity index (χ2v) is 32.9. The maximum atomic E-state index is 2.31. The molecule has 0 fully saturated rings. The molecule has 0 spiro atoms. The van der Waals surface area contributed by atoms with Gasteiger partial charge in [0.25, 0.3) is 0 Å². The molecule has 0 nitrogen and oxygen atoms in total. The van der Waals surface area contributed by atoms with E-state index in [2.05, 4.69) is 203 Å². The van der Waals surface area contributed by atoms with Gasteiger partial charge in [0.1, 0.15) is 0 Å². The molecular formula is C48H56Cl2Si2Zr2-2. The first-order chi connectivity index (χ1) is 24.6. The van der Waals surface area contributed by atoms with Crippen LogP contribution in [-0.2, 0) is 46.7 Å². The van der Waals surface area contributed by atoms with Gasteiger partial charge in [-0.3, -0.25) is 0 Å². The zero-order valence-electron chi connectivity index (χ0n) is 34.3. The van der Waals surface area contributed by atoms with E-state index in [-0.39, 0.29) is 35.7 Å². The maximum Gasteiger partial charge on any atom is -0.0576 e. The van der Waals surface area contributed by atoms with E-state index in [1.807, 2.05) is 0 Å². The molecule has 0 saturated carbocycles. The van der Waals surface area contributed by atoms with Gasteiger partial charge < -0.3 is 24.8 Å². The van der Waals surface area contributed by atoms with Crippen LogP contribution in [0.15, 0.2) is 121 Å². The average molecular weight is 943 g/mol. The Hall–Kier alpha value is -1.90. The van der Waals surface area contributed by atoms with Crippen LogP contribution in [0.4, 0.5) is 0 Å². The zero-order chi connectivity index (χ0) is 38.5. The second-order valence-electron chi connectivity index (χ2n) is 14.2. The molecule has 54 heavy (non-hydrogen) atoms. The van der Waals surface area contributed by atoms with Crippen LogP contribution in [0.5, 0.6) is 0 Å². The van der Waals surface area contributed by atoms with Gasteiger partial charge in [0.15, 0.2) is 0 Å². The van der Waals surface area contributed by atoms with Crippen LogP contribution in [-0.4, -0.2) is 10.9 Å². The average Bonchev–Trinajstić information content (AvgIpc) is 3.77. The maximum absolute atomic E-state index is 2.31. The molecule has 0 N–H and O–H groups in total. The van der Waals surface area contributed by atoms with Crippen molar-refractivity contribution < 1.29 is 71.5 Å². The Balaban J connectivity index is 0.000000334. The van der Waals surface area contributed by atoms with E-state index in [1.165, 1.54) is 87.6 Å². The largest absolute Gasteiger partial charge is 1.00 e. The van der Waals surface area contributed by atoms with Gasteiger partial charge in [-0.05, 0) is 0 Å². The number of benzene rings is 4. The molecule has 0 heterocycles. The SMILES string of the molecule is C[Si](C)=[Zr+2].C[Si](C)=[Zr+2].Cc1[cH-]c2ccccc2c1C.Cc1[cH-]c2ccccc2c1C.Cc1[cH-]c2ccccc2c1C.Cc1[cH-]c2ccccc2c1C.[Cl-].[Cl-]. The van der Waals surface area contributed by atoms with E-state index in [4.69, 9.17) is 0 Å². The third-order valence-electron chi connectivity index (χ3n) is 9.31. The van der Waals surface area contributed by atoms with Crippen LogP contribution in [0.1, 0.15) is 44.5 Å². The standard InChI is InChI=1S/4C11H11.2C2H6Si.2ClH.2Zr/c4*1-8-7-10-5-3-4-6-11(10)9(8)2;2*1-3-2;;;;/h4*3-7H,1-2H3;2*1-2H3;2*1H;;/q4*-1;;;;;2*+2/p-2. The third-order valence-corrected chi connectivity index (χ3v) is 9.31. The van der Waals surface area contributed by atoms with E-state index in [0.717, 1.165) is 0 Å². The Labute approximate surface area is 369 Å². The topological polar surface area (TPSA) is 0 Å². The molecule has 0 bridgehead atoms. The Morgan fingerprint density at radius 2 is 0.481 bits per heavy atom. The fourth-order valence-corrected chi connectivity index (χ4v) is 6.07. The molecule has 8 rings (SSSR count). The normalized spacial score (nSPS) is 9.78. The second kappa shape index (κ2) is 24.7. The summed E-state index contributed by atoms with van der Waals surface area (Å²) >= 11 is 3.48. The van der Waals surface area contributed by atoms with Crippen LogP contribution < -0.4 is 24.8 Å². The quantitative estimate of drug-likeness (QED) is 0.106. The van der Waals surface area contributed by atoms with Crippen LogP contribution in [0.2, 0.25) is 26.2 Å². The summed E-state index contributed by atoms with van der Waals surface area (Å²) in [5.74, 6) is 0. The summed E-state index contributed by atoms with van der Waals surface area (Å²) < 4.78 is 0. The zero-order valence-corrected chi connectivity index (χ0v) is 42.7. The van der Waals surface area contributed by atoms with Crippen LogP contribution in [0, 0.1) is 55.4 Å². The minimum Gasteiger partial charge on any atom is -1.00 e. The van der Waals surface area contributed by atoms with E-state index in [1.54, 1.807) is 46.7 Å². The summed E-state index contributed by atoms with van der Waals surface area (Å²) in [7, 11) is 0. The van der Waals surface area contributed by atoms with Gasteiger partial charge in [-0.15, -0.1) is 162 Å². The van der Waals surface area contributed by atoms with Crippen LogP contribution in [0.25, 0.3) is 43.1 Å². The minimum atomic E-state index is 0. The molecule has 0 unspecified atom stereocenters. The van der Waals surface area contributed by atoms with Crippen molar-refractivity contribution in [2.24, 2.45) is 0 Å². The van der Waals surface area contributed by atoms with Gasteiger partial charge >= 0.3 is 83.7 Å². The predicted molar refractivity (Wildman–Crippen MR) is 231 cm³/mol. The fourth-order valence-electron chi connectivity index (χ4n) is 6.07. The molecule has 8 aromatic carbocycles. The first-order valence-corrected chi connectivity index (χ1v) is 30.5. The molecule has 6 heteroatoms. The van der Waals surface area contributed by atoms with Crippen molar-refractivity contribution in [3.63, 3.8) is 0 Å². The van der Waals surface area contributed by atoms with Crippen molar-refractivity contribution in [3.05, 3.63) is 166 Å². The number of hydrogen-bond acceptors (Lipinski definition) is 0. The Morgan fingerprint density at radius 1 is 0.333 bits per heavy atom. The van der Waals surface area contributed by atoms with Crippen molar-refractivity contribution in [2.75, 3.05) is 0 Å². The van der Waals surface area contributed by atoms with E-state index < -0.39 is 0 Å². The van der Waals surface area contributed by atoms with Crippen molar-refractivity contribution in [1.82, 2.24) is 0 Å². The van der Waals surface area contributed by atoms with Crippen molar-refractivity contribution in [2.45, 2.75) is 81.6 Å². The van der Waals surface area contributed by atoms with E-state index in [9.17, 15) is 0 Å². The number of hydrogen-bond donors (Lipinski definition) is 0. The molecule has 0 atom stereocenters. The van der Waals surface area contributed by atoms with Crippen molar-refractivity contribution in [3.8, 4) is 0 Å². The van der Waals surface area contributed by atoms with Gasteiger partial charge in [0.05, 0.1) is 0 Å². The summed E-state index contributed by atoms with van der Waals surface area (Å²) in [4.78, 5) is 0. The Morgan fingerprint density at radius 3 is 0.630 bits per heavy atom. The molecule has 0 radical (unpaired) electrons. The molecule has 0 amide bonds. The summed E-state index contributed by atoms with van der Waals surface area (Å²) in [5, 5.41) is 11.0. The third kappa shape index (κ3) is 14.9. The molecule has 0 saturated heterocycles. The van der Waals surface area contributed by atoms with Gasteiger partial charge in [-0.1, -0.05) is 79.7 Å². The van der Waals surface area contributed by atoms with Crippen LogP contribution in [0.3, 0.4) is 0 Å². The molecule has 8 aromatic rings. The van der Waals surface area contributed by atoms with Crippen molar-refractivity contribution in [1.29, 1.82) is 0 Å². The molecule has 0 aliphatic heterocycles. The summed E-state index contributed by atoms with van der Waals surface area (Å²) in [6.07, 6.45) is 0. The summed E-state index contributed by atoms with van der Waals surface area (Å²) in [6, 6.07) is 43.0. The summed E-state index contributed by atoms with van der Waals surface area (Å²) in [6.45, 7) is 26.6. The summed E-state index contributed by atoms with van der Waals surface area (Å²) in [5.41, 5.74) is 11.7. The molecule has 0 aliphatic rings. The first-order valence-electron chi connectivity index (χ1n) is 18.1. The first kappa shape index (κ1) is 50.1. The molecular weight excluding hydrogens is 886 g/mol. The Kier molecular flexibility index (Phi) is 22.9. The fraction of sp³-hybridized carbons (Fsp3) is 0.250. The minimum absolute atomic E-state index is 0. The molecule has 280 valence electrons. The number of fused-ring (bicyclic) bond motifs is 4. The van der Waals surface area contributed by atoms with Gasteiger partial charge in [0.2, 0.25) is 0 Å². The number of halogens is 2. The molecule has 0 aliphatic carbocycles. The van der Waals surface area contributed by atoms with Gasteiger partial charge in [-0.2, -0.15) is 22.3 Å². The smallest absolute Gasteiger partial charge is 0.0576 e.